The molecule has 1 unspecified atom stereocenters. The van der Waals surface area contributed by atoms with Crippen LogP contribution in [0.5, 0.6) is 0 Å². The Labute approximate surface area is 144 Å². The minimum absolute atomic E-state index is 0.306. The number of hydrogen-bond donors (Lipinski definition) is 0. The third-order valence-electron chi connectivity index (χ3n) is 5.44. The van der Waals surface area contributed by atoms with Crippen LogP contribution in [0.1, 0.15) is 41.0 Å². The molecule has 0 aromatic carbocycles. The van der Waals surface area contributed by atoms with Crippen LogP contribution in [0.3, 0.4) is 0 Å². The lowest BCUT2D eigenvalue weighted by Gasteiger charge is -2.47. The predicted octanol–water partition coefficient (Wildman–Crippen LogP) is 2.40. The lowest BCUT2D eigenvalue weighted by atomic mass is 9.96. The Morgan fingerprint density at radius 2 is 1.87 bits per heavy atom. The fourth-order valence-electron chi connectivity index (χ4n) is 3.95. The first kappa shape index (κ1) is 19.2. The van der Waals surface area contributed by atoms with Crippen molar-refractivity contribution in [2.45, 2.75) is 52.6 Å². The van der Waals surface area contributed by atoms with Crippen molar-refractivity contribution >= 4 is 0 Å². The van der Waals surface area contributed by atoms with Crippen LogP contribution in [-0.4, -0.2) is 85.8 Å². The molecule has 1 atom stereocenters. The molecule has 0 aromatic heterocycles. The highest BCUT2D eigenvalue weighted by Crippen LogP contribution is 2.23. The highest BCUT2D eigenvalue weighted by Gasteiger charge is 2.33. The van der Waals surface area contributed by atoms with Crippen LogP contribution in [0.2, 0.25) is 0 Å². The average molecular weight is 326 g/mol. The maximum Gasteiger partial charge on any atom is 0.0645 e. The van der Waals surface area contributed by atoms with Gasteiger partial charge >= 0.3 is 0 Å². The van der Waals surface area contributed by atoms with Crippen LogP contribution < -0.4 is 0 Å². The van der Waals surface area contributed by atoms with E-state index in [0.29, 0.717) is 11.6 Å². The zero-order valence-electron chi connectivity index (χ0n) is 16.3. The maximum absolute atomic E-state index is 5.41. The third-order valence-corrected chi connectivity index (χ3v) is 5.44. The number of piperazine rings is 1. The Kier molecular flexibility index (Phi) is 6.90. The average Bonchev–Trinajstić information content (AvgIpc) is 2.36. The van der Waals surface area contributed by atoms with Crippen LogP contribution >= 0.6 is 0 Å². The van der Waals surface area contributed by atoms with E-state index in [1.807, 2.05) is 0 Å². The van der Waals surface area contributed by atoms with Gasteiger partial charge in [-0.25, -0.2) is 0 Å². The number of likely N-dealkylation sites (N-methyl/N-ethyl adjacent to an activating group) is 1. The van der Waals surface area contributed by atoms with Gasteiger partial charge in [-0.3, -0.25) is 9.80 Å². The van der Waals surface area contributed by atoms with Gasteiger partial charge < -0.3 is 9.64 Å². The molecule has 0 aromatic rings. The molecule has 0 amide bonds. The number of hydrogen-bond acceptors (Lipinski definition) is 4. The van der Waals surface area contributed by atoms with Gasteiger partial charge in [-0.05, 0) is 45.7 Å². The molecule has 0 bridgehead atoms. The topological polar surface area (TPSA) is 19.0 Å². The SMILES string of the molecule is CC(C)CN(CCC(C)CN1CCN(C)CC1(C)C)C1COC1. The van der Waals surface area contributed by atoms with Crippen molar-refractivity contribution in [2.24, 2.45) is 11.8 Å². The van der Waals surface area contributed by atoms with Crippen LogP contribution in [-0.2, 0) is 4.74 Å². The molecule has 0 aliphatic carbocycles. The van der Waals surface area contributed by atoms with Crippen LogP contribution in [0, 0.1) is 11.8 Å². The Morgan fingerprint density at radius 1 is 1.17 bits per heavy atom. The van der Waals surface area contributed by atoms with Crippen LogP contribution in [0.25, 0.3) is 0 Å². The molecule has 2 fully saturated rings. The number of ether oxygens (including phenoxy) is 1. The van der Waals surface area contributed by atoms with E-state index in [4.69, 9.17) is 4.74 Å². The van der Waals surface area contributed by atoms with Gasteiger partial charge in [-0.15, -0.1) is 0 Å². The van der Waals surface area contributed by atoms with Crippen molar-refractivity contribution in [3.8, 4) is 0 Å². The van der Waals surface area contributed by atoms with E-state index in [9.17, 15) is 0 Å². The van der Waals surface area contributed by atoms with Gasteiger partial charge in [0, 0.05) is 38.3 Å². The zero-order chi connectivity index (χ0) is 17.0. The largest absolute Gasteiger partial charge is 0.378 e. The molecule has 0 N–H and O–H groups in total. The summed E-state index contributed by atoms with van der Waals surface area (Å²) in [6.45, 7) is 21.0. The number of nitrogens with zero attached hydrogens (tertiary/aromatic N) is 3. The molecular formula is C19H39N3O. The van der Waals surface area contributed by atoms with Crippen LogP contribution in [0.15, 0.2) is 0 Å². The summed E-state index contributed by atoms with van der Waals surface area (Å²) in [7, 11) is 2.24. The van der Waals surface area contributed by atoms with E-state index in [2.05, 4.69) is 56.4 Å². The minimum Gasteiger partial charge on any atom is -0.378 e. The lowest BCUT2D eigenvalue weighted by molar-refractivity contribution is -0.0698. The smallest absolute Gasteiger partial charge is 0.0645 e. The third kappa shape index (κ3) is 5.70. The second-order valence-electron chi connectivity index (χ2n) is 8.97. The van der Waals surface area contributed by atoms with Gasteiger partial charge in [0.2, 0.25) is 0 Å². The number of rotatable bonds is 8. The zero-order valence-corrected chi connectivity index (χ0v) is 16.3. The fourth-order valence-corrected chi connectivity index (χ4v) is 3.95. The molecule has 2 heterocycles. The van der Waals surface area contributed by atoms with E-state index < -0.39 is 0 Å². The molecule has 4 nitrogen and oxygen atoms in total. The molecule has 136 valence electrons. The summed E-state index contributed by atoms with van der Waals surface area (Å²) in [5, 5.41) is 0. The molecule has 23 heavy (non-hydrogen) atoms. The van der Waals surface area contributed by atoms with Crippen molar-refractivity contribution < 1.29 is 4.74 Å². The van der Waals surface area contributed by atoms with Crippen LogP contribution in [0.4, 0.5) is 0 Å². The predicted molar refractivity (Wildman–Crippen MR) is 97.9 cm³/mol. The van der Waals surface area contributed by atoms with Crippen molar-refractivity contribution in [3.05, 3.63) is 0 Å². The first-order valence-electron chi connectivity index (χ1n) is 9.53. The molecule has 0 radical (unpaired) electrons. The summed E-state index contributed by atoms with van der Waals surface area (Å²) < 4.78 is 5.41. The molecule has 2 saturated heterocycles. The summed E-state index contributed by atoms with van der Waals surface area (Å²) in [5.41, 5.74) is 0.306. The van der Waals surface area contributed by atoms with E-state index in [1.165, 1.54) is 45.7 Å². The normalized spacial score (nSPS) is 25.0. The highest BCUT2D eigenvalue weighted by atomic mass is 16.5. The van der Waals surface area contributed by atoms with Crippen molar-refractivity contribution in [2.75, 3.05) is 59.5 Å². The quantitative estimate of drug-likeness (QED) is 0.682. The monoisotopic (exact) mass is 325 g/mol. The van der Waals surface area contributed by atoms with Gasteiger partial charge in [0.15, 0.2) is 0 Å². The molecule has 2 aliphatic heterocycles. The molecule has 0 spiro atoms. The molecule has 2 rings (SSSR count). The van der Waals surface area contributed by atoms with E-state index >= 15 is 0 Å². The fraction of sp³-hybridized carbons (Fsp3) is 1.00. The second-order valence-corrected chi connectivity index (χ2v) is 8.97. The Balaban J connectivity index is 1.77. The van der Waals surface area contributed by atoms with E-state index in [1.54, 1.807) is 0 Å². The Hall–Kier alpha value is -0.160. The van der Waals surface area contributed by atoms with Crippen molar-refractivity contribution in [1.82, 2.24) is 14.7 Å². The minimum atomic E-state index is 0.306. The maximum atomic E-state index is 5.41. The molecular weight excluding hydrogens is 286 g/mol. The van der Waals surface area contributed by atoms with Gasteiger partial charge in [0.05, 0.1) is 19.3 Å². The van der Waals surface area contributed by atoms with Gasteiger partial charge in [-0.2, -0.15) is 0 Å². The van der Waals surface area contributed by atoms with E-state index in [0.717, 1.165) is 25.0 Å². The highest BCUT2D eigenvalue weighted by molar-refractivity contribution is 4.90. The molecule has 2 aliphatic rings. The first-order chi connectivity index (χ1) is 10.8. The summed E-state index contributed by atoms with van der Waals surface area (Å²) >= 11 is 0. The lowest BCUT2D eigenvalue weighted by Crippen LogP contribution is -2.59. The summed E-state index contributed by atoms with van der Waals surface area (Å²) in [4.78, 5) is 7.83. The molecule has 0 saturated carbocycles. The van der Waals surface area contributed by atoms with Crippen molar-refractivity contribution in [1.29, 1.82) is 0 Å². The van der Waals surface area contributed by atoms with Crippen molar-refractivity contribution in [3.63, 3.8) is 0 Å². The summed E-state index contributed by atoms with van der Waals surface area (Å²) in [6.07, 6.45) is 1.30. The van der Waals surface area contributed by atoms with E-state index in [-0.39, 0.29) is 0 Å². The molecule has 4 heteroatoms. The first-order valence-corrected chi connectivity index (χ1v) is 9.53. The van der Waals surface area contributed by atoms with Gasteiger partial charge in [-0.1, -0.05) is 20.8 Å². The van der Waals surface area contributed by atoms with Gasteiger partial charge in [0.1, 0.15) is 0 Å². The summed E-state index contributed by atoms with van der Waals surface area (Å²) in [5.74, 6) is 1.50. The standard InChI is InChI=1S/C19H39N3O/c1-16(2)11-21(18-13-23-14-18)8-7-17(3)12-22-10-9-20(6)15-19(22,4)5/h16-18H,7-15H2,1-6H3. The Bertz CT molecular complexity index is 355. The second kappa shape index (κ2) is 8.28. The summed E-state index contributed by atoms with van der Waals surface area (Å²) in [6, 6.07) is 0.671. The van der Waals surface area contributed by atoms with Gasteiger partial charge in [0.25, 0.3) is 0 Å². The Morgan fingerprint density at radius 3 is 2.39 bits per heavy atom.